The second kappa shape index (κ2) is 8.20. The Kier molecular flexibility index (Phi) is 6.27. The van der Waals surface area contributed by atoms with Crippen molar-refractivity contribution in [3.8, 4) is 0 Å². The summed E-state index contributed by atoms with van der Waals surface area (Å²) >= 11 is 0. The molecule has 0 radical (unpaired) electrons. The van der Waals surface area contributed by atoms with Crippen molar-refractivity contribution in [1.82, 2.24) is 0 Å². The van der Waals surface area contributed by atoms with Crippen LogP contribution in [0.4, 0.5) is 0 Å². The van der Waals surface area contributed by atoms with Crippen LogP contribution in [0, 0.1) is 10.1 Å². The Hall–Kier alpha value is -2.00. The molecule has 1 aromatic rings. The van der Waals surface area contributed by atoms with Crippen LogP contribution in [0.25, 0.3) is 4.91 Å². The third-order valence-corrected chi connectivity index (χ3v) is 5.59. The normalized spacial score (nSPS) is 16.4. The van der Waals surface area contributed by atoms with Gasteiger partial charge in [0.15, 0.2) is 0 Å². The van der Waals surface area contributed by atoms with E-state index < -0.39 is 22.2 Å². The van der Waals surface area contributed by atoms with Gasteiger partial charge in [-0.15, -0.1) is 0 Å². The summed E-state index contributed by atoms with van der Waals surface area (Å²) in [6.07, 6.45) is 1.48. The lowest BCUT2D eigenvalue weighted by molar-refractivity contribution is -0.482. The predicted molar refractivity (Wildman–Crippen MR) is 92.3 cm³/mol. The van der Waals surface area contributed by atoms with Crippen molar-refractivity contribution in [3.05, 3.63) is 51.1 Å². The van der Waals surface area contributed by atoms with Crippen molar-refractivity contribution in [2.45, 2.75) is 19.2 Å². The first-order chi connectivity index (χ1) is 11.5. The number of benzene rings is 1. The van der Waals surface area contributed by atoms with Crippen LogP contribution in [0.3, 0.4) is 0 Å². The van der Waals surface area contributed by atoms with Gasteiger partial charge in [-0.3, -0.25) is 10.1 Å². The van der Waals surface area contributed by atoms with Crippen LogP contribution in [0.1, 0.15) is 40.1 Å². The lowest BCUT2D eigenvalue weighted by atomic mass is 10.0. The molecule has 1 unspecified atom stereocenters. The van der Waals surface area contributed by atoms with Crippen LogP contribution >= 0.6 is 21.6 Å². The fourth-order valence-electron chi connectivity index (χ4n) is 2.00. The smallest absolute Gasteiger partial charge is 0.338 e. The fraction of sp³-hybridized carbons (Fsp3) is 0.333. The summed E-state index contributed by atoms with van der Waals surface area (Å²) in [7, 11) is 2.31. The SMILES string of the molecule is CCOC(=O)c1ccc(C2=CC([N+](=O)[O-])SS2)c(C(=O)OCC)c1. The molecular weight excluding hydrogens is 354 g/mol. The van der Waals surface area contributed by atoms with Gasteiger partial charge < -0.3 is 9.47 Å². The molecule has 128 valence electrons. The highest BCUT2D eigenvalue weighted by Crippen LogP contribution is 2.48. The minimum Gasteiger partial charge on any atom is -0.462 e. The van der Waals surface area contributed by atoms with Gasteiger partial charge in [0.05, 0.1) is 24.3 Å². The number of ether oxygens (including phenoxy) is 2. The van der Waals surface area contributed by atoms with Crippen molar-refractivity contribution in [2.75, 3.05) is 13.2 Å². The molecule has 7 nitrogen and oxygen atoms in total. The number of hydrogen-bond acceptors (Lipinski definition) is 8. The maximum absolute atomic E-state index is 12.2. The molecule has 0 aliphatic carbocycles. The standard InChI is InChI=1S/C15H15NO6S2/c1-3-21-14(17)9-5-6-10(11(7-9)15(18)22-4-2)12-8-13(16(19)20)24-23-12/h5-8,13H,3-4H2,1-2H3. The molecule has 9 heteroatoms. The molecule has 2 rings (SSSR count). The Morgan fingerprint density at radius 2 is 1.88 bits per heavy atom. The Balaban J connectivity index is 2.43. The maximum Gasteiger partial charge on any atom is 0.338 e. The topological polar surface area (TPSA) is 95.7 Å². The predicted octanol–water partition coefficient (Wildman–Crippen LogP) is 3.38. The summed E-state index contributed by atoms with van der Waals surface area (Å²) in [5, 5.41) is 10.0. The maximum atomic E-state index is 12.2. The number of carbonyl (C=O) groups excluding carboxylic acids is 2. The molecule has 0 amide bonds. The average Bonchev–Trinajstić information content (AvgIpc) is 3.05. The Morgan fingerprint density at radius 1 is 1.21 bits per heavy atom. The zero-order valence-corrected chi connectivity index (χ0v) is 14.6. The van der Waals surface area contributed by atoms with Crippen molar-refractivity contribution in [3.63, 3.8) is 0 Å². The van der Waals surface area contributed by atoms with Crippen LogP contribution in [0.2, 0.25) is 0 Å². The summed E-state index contributed by atoms with van der Waals surface area (Å²) in [4.78, 5) is 35.2. The van der Waals surface area contributed by atoms with E-state index in [9.17, 15) is 19.7 Å². The fourth-order valence-corrected chi connectivity index (χ4v) is 4.42. The first kappa shape index (κ1) is 18.3. The van der Waals surface area contributed by atoms with E-state index in [1.165, 1.54) is 29.0 Å². The minimum absolute atomic E-state index is 0.181. The summed E-state index contributed by atoms with van der Waals surface area (Å²) < 4.78 is 9.96. The summed E-state index contributed by atoms with van der Waals surface area (Å²) in [5.74, 6) is -1.13. The molecule has 1 atom stereocenters. The lowest BCUT2D eigenvalue weighted by Crippen LogP contribution is -2.11. The number of nitrogens with zero attached hydrogens (tertiary/aromatic N) is 1. The number of nitro groups is 1. The van der Waals surface area contributed by atoms with Gasteiger partial charge >= 0.3 is 11.9 Å². The van der Waals surface area contributed by atoms with E-state index in [4.69, 9.17) is 9.47 Å². The van der Waals surface area contributed by atoms with Gasteiger partial charge in [0.2, 0.25) is 0 Å². The lowest BCUT2D eigenvalue weighted by Gasteiger charge is -2.11. The van der Waals surface area contributed by atoms with Gasteiger partial charge in [-0.05, 0) is 36.8 Å². The van der Waals surface area contributed by atoms with Crippen molar-refractivity contribution < 1.29 is 24.0 Å². The molecule has 0 fully saturated rings. The van der Waals surface area contributed by atoms with Crippen molar-refractivity contribution in [1.29, 1.82) is 0 Å². The Morgan fingerprint density at radius 3 is 2.46 bits per heavy atom. The highest BCUT2D eigenvalue weighted by Gasteiger charge is 2.30. The van der Waals surface area contributed by atoms with E-state index >= 15 is 0 Å². The summed E-state index contributed by atoms with van der Waals surface area (Å²) in [6.45, 7) is 3.76. The van der Waals surface area contributed by atoms with Crippen LogP contribution in [0.5, 0.6) is 0 Å². The van der Waals surface area contributed by atoms with Crippen LogP contribution in [-0.4, -0.2) is 35.4 Å². The van der Waals surface area contributed by atoms with Gasteiger partial charge in [0, 0.05) is 21.5 Å². The van der Waals surface area contributed by atoms with Crippen LogP contribution in [-0.2, 0) is 9.47 Å². The van der Waals surface area contributed by atoms with Crippen LogP contribution < -0.4 is 0 Å². The molecule has 0 spiro atoms. The molecule has 1 aliphatic rings. The molecule has 24 heavy (non-hydrogen) atoms. The number of hydrogen-bond donors (Lipinski definition) is 0. The minimum atomic E-state index is -0.871. The summed E-state index contributed by atoms with van der Waals surface area (Å²) in [6, 6.07) is 4.51. The van der Waals surface area contributed by atoms with Crippen molar-refractivity contribution in [2.24, 2.45) is 0 Å². The van der Waals surface area contributed by atoms with Gasteiger partial charge in [0.1, 0.15) is 0 Å². The Bertz CT molecular complexity index is 703. The molecule has 1 aliphatic heterocycles. The summed E-state index contributed by atoms with van der Waals surface area (Å²) in [5.41, 5.74) is 0.917. The van der Waals surface area contributed by atoms with Gasteiger partial charge in [0.25, 0.3) is 5.37 Å². The first-order valence-electron chi connectivity index (χ1n) is 7.15. The second-order valence-electron chi connectivity index (χ2n) is 4.59. The van der Waals surface area contributed by atoms with E-state index in [-0.39, 0.29) is 24.3 Å². The monoisotopic (exact) mass is 369 g/mol. The average molecular weight is 369 g/mol. The Labute approximate surface area is 146 Å². The quantitative estimate of drug-likeness (QED) is 0.326. The molecule has 1 heterocycles. The molecule has 0 bridgehead atoms. The zero-order chi connectivity index (χ0) is 17.7. The molecule has 1 aromatic carbocycles. The first-order valence-corrected chi connectivity index (χ1v) is 9.36. The number of esters is 2. The molecular formula is C15H15NO6S2. The third kappa shape index (κ3) is 4.09. The van der Waals surface area contributed by atoms with Gasteiger partial charge in [-0.25, -0.2) is 9.59 Å². The van der Waals surface area contributed by atoms with E-state index in [1.54, 1.807) is 19.9 Å². The third-order valence-electron chi connectivity index (χ3n) is 3.03. The highest BCUT2D eigenvalue weighted by atomic mass is 33.1. The molecule has 0 N–H and O–H groups in total. The van der Waals surface area contributed by atoms with Gasteiger partial charge in [-0.2, -0.15) is 0 Å². The van der Waals surface area contributed by atoms with E-state index in [2.05, 4.69) is 0 Å². The number of rotatable bonds is 6. The second-order valence-corrected chi connectivity index (χ2v) is 6.95. The van der Waals surface area contributed by atoms with E-state index in [0.29, 0.717) is 10.5 Å². The molecule has 0 saturated carbocycles. The highest BCUT2D eigenvalue weighted by molar-refractivity contribution is 8.80. The van der Waals surface area contributed by atoms with Crippen molar-refractivity contribution >= 4 is 38.4 Å². The van der Waals surface area contributed by atoms with Gasteiger partial charge in [-0.1, -0.05) is 16.9 Å². The molecule has 0 saturated heterocycles. The van der Waals surface area contributed by atoms with E-state index in [0.717, 1.165) is 10.8 Å². The van der Waals surface area contributed by atoms with E-state index in [1.807, 2.05) is 0 Å². The van der Waals surface area contributed by atoms with Crippen LogP contribution in [0.15, 0.2) is 24.3 Å². The molecule has 0 aromatic heterocycles. The largest absolute Gasteiger partial charge is 0.462 e. The zero-order valence-electron chi connectivity index (χ0n) is 13.0. The number of carbonyl (C=O) groups is 2.